The van der Waals surface area contributed by atoms with Gasteiger partial charge in [-0.3, -0.25) is 9.59 Å². The summed E-state index contributed by atoms with van der Waals surface area (Å²) in [7, 11) is 2.82. The Morgan fingerprint density at radius 1 is 1.10 bits per heavy atom. The van der Waals surface area contributed by atoms with Crippen LogP contribution >= 0.6 is 0 Å². The molecule has 0 heterocycles. The molecule has 0 aromatic heterocycles. The van der Waals surface area contributed by atoms with Gasteiger partial charge in [-0.1, -0.05) is 5.16 Å². The van der Waals surface area contributed by atoms with Gasteiger partial charge in [-0.2, -0.15) is 0 Å². The molecule has 0 radical (unpaired) electrons. The van der Waals surface area contributed by atoms with Gasteiger partial charge in [-0.05, 0) is 25.1 Å². The van der Waals surface area contributed by atoms with E-state index in [2.05, 4.69) is 5.16 Å². The van der Waals surface area contributed by atoms with Crippen LogP contribution in [0.5, 0.6) is 11.5 Å². The van der Waals surface area contributed by atoms with E-state index in [1.807, 2.05) is 0 Å². The minimum atomic E-state index is -0.439. The highest BCUT2D eigenvalue weighted by Crippen LogP contribution is 2.35. The molecule has 6 nitrogen and oxygen atoms in total. The van der Waals surface area contributed by atoms with Crippen LogP contribution in [-0.4, -0.2) is 36.7 Å². The molecule has 0 spiro atoms. The fraction of sp³-hybridized carbons (Fsp3) is 0.214. The maximum absolute atomic E-state index is 12.5. The molecule has 104 valence electrons. The number of hydrogen-bond donors (Lipinski definition) is 1. The Kier molecular flexibility index (Phi) is 3.56. The van der Waals surface area contributed by atoms with Gasteiger partial charge in [0.15, 0.2) is 11.6 Å². The third-order valence-corrected chi connectivity index (χ3v) is 3.10. The second kappa shape index (κ2) is 5.16. The molecule has 0 saturated heterocycles. The number of nitrogens with zero attached hydrogens (tertiary/aromatic N) is 1. The lowest BCUT2D eigenvalue weighted by Gasteiger charge is -2.19. The molecule has 2 rings (SSSR count). The first-order chi connectivity index (χ1) is 9.54. The van der Waals surface area contributed by atoms with E-state index < -0.39 is 11.6 Å². The fourth-order valence-corrected chi connectivity index (χ4v) is 2.10. The summed E-state index contributed by atoms with van der Waals surface area (Å²) in [6.45, 7) is 1.44. The van der Waals surface area contributed by atoms with Crippen LogP contribution in [0.25, 0.3) is 0 Å². The van der Waals surface area contributed by atoms with Gasteiger partial charge in [0.1, 0.15) is 11.5 Å². The van der Waals surface area contributed by atoms with Gasteiger partial charge in [0.2, 0.25) is 0 Å². The monoisotopic (exact) mass is 275 g/mol. The van der Waals surface area contributed by atoms with E-state index in [-0.39, 0.29) is 28.2 Å². The molecular weight excluding hydrogens is 262 g/mol. The van der Waals surface area contributed by atoms with Crippen molar-refractivity contribution < 1.29 is 24.3 Å². The second-order valence-electron chi connectivity index (χ2n) is 4.16. The van der Waals surface area contributed by atoms with Gasteiger partial charge < -0.3 is 14.7 Å². The molecule has 0 atom stereocenters. The molecule has 0 amide bonds. The molecule has 0 unspecified atom stereocenters. The van der Waals surface area contributed by atoms with Crippen molar-refractivity contribution in [2.45, 2.75) is 6.92 Å². The summed E-state index contributed by atoms with van der Waals surface area (Å²) in [6, 6.07) is 3.12. The van der Waals surface area contributed by atoms with E-state index >= 15 is 0 Å². The van der Waals surface area contributed by atoms with E-state index in [1.54, 1.807) is 12.1 Å². The lowest BCUT2D eigenvalue weighted by molar-refractivity contribution is 0.0983. The van der Waals surface area contributed by atoms with Gasteiger partial charge in [-0.15, -0.1) is 0 Å². The number of carbonyl (C=O) groups is 2. The van der Waals surface area contributed by atoms with Gasteiger partial charge in [0.25, 0.3) is 0 Å². The van der Waals surface area contributed by atoms with Crippen LogP contribution in [0.3, 0.4) is 0 Å². The van der Waals surface area contributed by atoms with Crippen LogP contribution in [0.1, 0.15) is 27.6 Å². The molecule has 0 aliphatic heterocycles. The number of ether oxygens (including phenoxy) is 2. The Hall–Kier alpha value is -2.63. The zero-order chi connectivity index (χ0) is 14.9. The average Bonchev–Trinajstić information content (AvgIpc) is 2.48. The predicted molar refractivity (Wildman–Crippen MR) is 71.2 cm³/mol. The standard InChI is InChI=1S/C14H13NO5/c1-7(15-18)8-6-9(16)12-10(19-2)4-5-11(20-3)13(12)14(8)17/h4-6,18H,1-3H3. The van der Waals surface area contributed by atoms with Crippen molar-refractivity contribution in [3.05, 3.63) is 34.9 Å². The molecule has 1 aromatic carbocycles. The molecule has 0 fully saturated rings. The number of benzene rings is 1. The number of oxime groups is 1. The highest BCUT2D eigenvalue weighted by Gasteiger charge is 2.33. The predicted octanol–water partition coefficient (Wildman–Crippen LogP) is 1.86. The molecule has 1 aromatic rings. The second-order valence-corrected chi connectivity index (χ2v) is 4.16. The highest BCUT2D eigenvalue weighted by atomic mass is 16.5. The summed E-state index contributed by atoms with van der Waals surface area (Å²) in [4.78, 5) is 24.7. The smallest absolute Gasteiger partial charge is 0.199 e. The van der Waals surface area contributed by atoms with Crippen molar-refractivity contribution in [2.75, 3.05) is 14.2 Å². The number of fused-ring (bicyclic) bond motifs is 1. The minimum Gasteiger partial charge on any atom is -0.496 e. The van der Waals surface area contributed by atoms with Gasteiger partial charge in [0, 0.05) is 0 Å². The first-order valence-electron chi connectivity index (χ1n) is 5.79. The molecule has 0 saturated carbocycles. The third kappa shape index (κ3) is 1.95. The number of Topliss-reactive ketones (excluding diaryl/α,β-unsaturated/α-hetero) is 1. The van der Waals surface area contributed by atoms with Crippen LogP contribution < -0.4 is 9.47 Å². The molecule has 1 aliphatic carbocycles. The molecule has 6 heteroatoms. The topological polar surface area (TPSA) is 85.2 Å². The molecule has 20 heavy (non-hydrogen) atoms. The summed E-state index contributed by atoms with van der Waals surface area (Å²) in [6.07, 6.45) is 1.14. The van der Waals surface area contributed by atoms with E-state index in [0.717, 1.165) is 6.08 Å². The lowest BCUT2D eigenvalue weighted by atomic mass is 9.86. The Morgan fingerprint density at radius 3 is 2.15 bits per heavy atom. The quantitative estimate of drug-likeness (QED) is 0.517. The van der Waals surface area contributed by atoms with Crippen molar-refractivity contribution in [1.82, 2.24) is 0 Å². The summed E-state index contributed by atoms with van der Waals surface area (Å²) < 4.78 is 10.2. The van der Waals surface area contributed by atoms with E-state index in [4.69, 9.17) is 14.7 Å². The molecule has 0 bridgehead atoms. The lowest BCUT2D eigenvalue weighted by Crippen LogP contribution is -2.22. The van der Waals surface area contributed by atoms with E-state index in [9.17, 15) is 9.59 Å². The van der Waals surface area contributed by atoms with Crippen molar-refractivity contribution in [2.24, 2.45) is 5.16 Å². The maximum Gasteiger partial charge on any atom is 0.199 e. The van der Waals surface area contributed by atoms with E-state index in [1.165, 1.54) is 21.1 Å². The molecule has 1 aliphatic rings. The number of allylic oxidation sites excluding steroid dienone is 2. The van der Waals surface area contributed by atoms with Crippen molar-refractivity contribution in [3.8, 4) is 11.5 Å². The van der Waals surface area contributed by atoms with Crippen LogP contribution in [0.4, 0.5) is 0 Å². The summed E-state index contributed by atoms with van der Waals surface area (Å²) in [5.74, 6) is -0.262. The highest BCUT2D eigenvalue weighted by molar-refractivity contribution is 6.36. The zero-order valence-corrected chi connectivity index (χ0v) is 11.3. The number of carbonyl (C=O) groups excluding carboxylic acids is 2. The van der Waals surface area contributed by atoms with Crippen molar-refractivity contribution in [1.29, 1.82) is 0 Å². The third-order valence-electron chi connectivity index (χ3n) is 3.10. The van der Waals surface area contributed by atoms with Gasteiger partial charge in [-0.25, -0.2) is 0 Å². The summed E-state index contributed by atoms with van der Waals surface area (Å²) >= 11 is 0. The average molecular weight is 275 g/mol. The number of methoxy groups -OCH3 is 2. The maximum atomic E-state index is 12.5. The number of rotatable bonds is 3. The van der Waals surface area contributed by atoms with Crippen LogP contribution in [0, 0.1) is 0 Å². The van der Waals surface area contributed by atoms with Gasteiger partial charge >= 0.3 is 0 Å². The minimum absolute atomic E-state index is 0.0385. The molecule has 1 N–H and O–H groups in total. The van der Waals surface area contributed by atoms with Crippen LogP contribution in [-0.2, 0) is 0 Å². The Balaban J connectivity index is 2.74. The summed E-state index contributed by atoms with van der Waals surface area (Å²) in [5, 5.41) is 11.8. The SMILES string of the molecule is COc1ccc(OC)c2c1C(=O)C=C(C(C)=NO)C2=O. The first kappa shape index (κ1) is 13.8. The largest absolute Gasteiger partial charge is 0.496 e. The molecular formula is C14H13NO5. The number of hydrogen-bond acceptors (Lipinski definition) is 6. The Morgan fingerprint density at radius 2 is 1.65 bits per heavy atom. The van der Waals surface area contributed by atoms with Crippen molar-refractivity contribution in [3.63, 3.8) is 0 Å². The first-order valence-corrected chi connectivity index (χ1v) is 5.79. The fourth-order valence-electron chi connectivity index (χ4n) is 2.10. The Labute approximate surface area is 115 Å². The van der Waals surface area contributed by atoms with Crippen LogP contribution in [0.2, 0.25) is 0 Å². The van der Waals surface area contributed by atoms with Crippen LogP contribution in [0.15, 0.2) is 28.9 Å². The normalized spacial score (nSPS) is 14.8. The van der Waals surface area contributed by atoms with E-state index in [0.29, 0.717) is 5.75 Å². The summed E-state index contributed by atoms with van der Waals surface area (Å²) in [5.41, 5.74) is 0.388. The Bertz CT molecular complexity index is 658. The van der Waals surface area contributed by atoms with Gasteiger partial charge in [0.05, 0.1) is 36.6 Å². The van der Waals surface area contributed by atoms with Crippen molar-refractivity contribution >= 4 is 17.3 Å². The number of ketones is 2. The zero-order valence-electron chi connectivity index (χ0n) is 11.3.